The third-order valence-corrected chi connectivity index (χ3v) is 4.11. The Balaban J connectivity index is 2.18. The molecule has 1 aliphatic rings. The quantitative estimate of drug-likeness (QED) is 0.769. The smallest absolute Gasteiger partial charge is 0.148 e. The lowest BCUT2D eigenvalue weighted by Gasteiger charge is -2.34. The van der Waals surface area contributed by atoms with E-state index >= 15 is 0 Å². The highest BCUT2D eigenvalue weighted by Crippen LogP contribution is 2.12. The van der Waals surface area contributed by atoms with E-state index in [0.29, 0.717) is 18.6 Å². The molecular formula is C11H24N2O2S. The van der Waals surface area contributed by atoms with Crippen LogP contribution in [-0.2, 0) is 9.84 Å². The molecule has 96 valence electrons. The summed E-state index contributed by atoms with van der Waals surface area (Å²) in [5.74, 6) is 0.247. The molecule has 0 aromatic carbocycles. The first-order chi connectivity index (χ1) is 7.38. The molecule has 0 bridgehead atoms. The summed E-state index contributed by atoms with van der Waals surface area (Å²) in [7, 11) is -2.82. The van der Waals surface area contributed by atoms with Gasteiger partial charge in [0.2, 0.25) is 0 Å². The lowest BCUT2D eigenvalue weighted by molar-refractivity contribution is 0.162. The first kappa shape index (κ1) is 13.9. The van der Waals surface area contributed by atoms with E-state index in [1.54, 1.807) is 0 Å². The van der Waals surface area contributed by atoms with E-state index in [1.807, 2.05) is 0 Å². The van der Waals surface area contributed by atoms with Crippen molar-refractivity contribution in [2.75, 3.05) is 31.6 Å². The molecule has 1 N–H and O–H groups in total. The Morgan fingerprint density at radius 3 is 2.31 bits per heavy atom. The SMILES string of the molecule is CC(C)N1CCC(NCCS(C)(=O)=O)CC1. The van der Waals surface area contributed by atoms with Crippen LogP contribution >= 0.6 is 0 Å². The molecule has 0 unspecified atom stereocenters. The van der Waals surface area contributed by atoms with Gasteiger partial charge >= 0.3 is 0 Å². The second-order valence-corrected chi connectivity index (χ2v) is 7.25. The summed E-state index contributed by atoms with van der Waals surface area (Å²) < 4.78 is 21.9. The molecule has 5 heteroatoms. The number of rotatable bonds is 5. The van der Waals surface area contributed by atoms with Crippen molar-refractivity contribution in [3.05, 3.63) is 0 Å². The zero-order chi connectivity index (χ0) is 12.2. The molecule has 16 heavy (non-hydrogen) atoms. The summed E-state index contributed by atoms with van der Waals surface area (Å²) in [5, 5.41) is 3.33. The molecule has 0 aliphatic carbocycles. The van der Waals surface area contributed by atoms with Gasteiger partial charge in [0, 0.05) is 24.9 Å². The maximum atomic E-state index is 11.0. The summed E-state index contributed by atoms with van der Waals surface area (Å²) >= 11 is 0. The topological polar surface area (TPSA) is 49.4 Å². The minimum absolute atomic E-state index is 0.247. The lowest BCUT2D eigenvalue weighted by Crippen LogP contribution is -2.45. The zero-order valence-corrected chi connectivity index (χ0v) is 11.4. The molecule has 0 amide bonds. The van der Waals surface area contributed by atoms with Gasteiger partial charge < -0.3 is 10.2 Å². The molecule has 0 radical (unpaired) electrons. The zero-order valence-electron chi connectivity index (χ0n) is 10.6. The van der Waals surface area contributed by atoms with Crippen molar-refractivity contribution in [2.24, 2.45) is 0 Å². The number of hydrogen-bond donors (Lipinski definition) is 1. The minimum Gasteiger partial charge on any atom is -0.313 e. The van der Waals surface area contributed by atoms with E-state index in [9.17, 15) is 8.42 Å². The fourth-order valence-electron chi connectivity index (χ4n) is 2.07. The molecule has 0 atom stereocenters. The summed E-state index contributed by atoms with van der Waals surface area (Å²) in [6.07, 6.45) is 3.54. The molecule has 0 aromatic heterocycles. The van der Waals surface area contributed by atoms with Gasteiger partial charge in [-0.1, -0.05) is 0 Å². The Bertz CT molecular complexity index is 293. The van der Waals surface area contributed by atoms with E-state index in [4.69, 9.17) is 0 Å². The lowest BCUT2D eigenvalue weighted by atomic mass is 10.0. The third kappa shape index (κ3) is 5.27. The summed E-state index contributed by atoms with van der Waals surface area (Å²) in [6, 6.07) is 1.12. The normalized spacial score (nSPS) is 20.5. The molecule has 0 spiro atoms. The first-order valence-electron chi connectivity index (χ1n) is 6.03. The monoisotopic (exact) mass is 248 g/mol. The van der Waals surface area contributed by atoms with Crippen LogP contribution in [0.5, 0.6) is 0 Å². The van der Waals surface area contributed by atoms with Crippen molar-refractivity contribution < 1.29 is 8.42 Å². The van der Waals surface area contributed by atoms with Crippen molar-refractivity contribution >= 4 is 9.84 Å². The van der Waals surface area contributed by atoms with Gasteiger partial charge in [-0.25, -0.2) is 8.42 Å². The molecule has 1 aliphatic heterocycles. The fraction of sp³-hybridized carbons (Fsp3) is 1.00. The Kier molecular flexibility index (Phi) is 5.21. The molecule has 1 heterocycles. The van der Waals surface area contributed by atoms with Crippen LogP contribution in [0.25, 0.3) is 0 Å². The van der Waals surface area contributed by atoms with Crippen LogP contribution in [0.15, 0.2) is 0 Å². The highest BCUT2D eigenvalue weighted by Gasteiger charge is 2.20. The molecule has 4 nitrogen and oxygen atoms in total. The molecule has 1 saturated heterocycles. The van der Waals surface area contributed by atoms with E-state index in [1.165, 1.54) is 6.26 Å². The second kappa shape index (κ2) is 5.98. The number of piperidine rings is 1. The van der Waals surface area contributed by atoms with E-state index in [-0.39, 0.29) is 5.75 Å². The van der Waals surface area contributed by atoms with Crippen molar-refractivity contribution in [3.8, 4) is 0 Å². The molecule has 1 rings (SSSR count). The van der Waals surface area contributed by atoms with Crippen LogP contribution in [0.4, 0.5) is 0 Å². The Hall–Kier alpha value is -0.130. The van der Waals surface area contributed by atoms with Gasteiger partial charge in [-0.05, 0) is 39.8 Å². The fourth-order valence-corrected chi connectivity index (χ4v) is 2.56. The van der Waals surface area contributed by atoms with Crippen molar-refractivity contribution in [2.45, 2.75) is 38.8 Å². The van der Waals surface area contributed by atoms with Crippen molar-refractivity contribution in [3.63, 3.8) is 0 Å². The third-order valence-electron chi connectivity index (χ3n) is 3.17. The van der Waals surface area contributed by atoms with E-state index in [0.717, 1.165) is 25.9 Å². The standard InChI is InChI=1S/C11H24N2O2S/c1-10(2)13-7-4-11(5-8-13)12-6-9-16(3,14)15/h10-12H,4-9H2,1-3H3. The van der Waals surface area contributed by atoms with Crippen LogP contribution < -0.4 is 5.32 Å². The molecular weight excluding hydrogens is 224 g/mol. The van der Waals surface area contributed by atoms with Gasteiger partial charge in [0.1, 0.15) is 9.84 Å². The summed E-state index contributed by atoms with van der Waals surface area (Å²) in [4.78, 5) is 2.47. The highest BCUT2D eigenvalue weighted by molar-refractivity contribution is 7.90. The van der Waals surface area contributed by atoms with Gasteiger partial charge in [-0.2, -0.15) is 0 Å². The maximum absolute atomic E-state index is 11.0. The first-order valence-corrected chi connectivity index (χ1v) is 8.09. The Morgan fingerprint density at radius 2 is 1.88 bits per heavy atom. The highest BCUT2D eigenvalue weighted by atomic mass is 32.2. The molecule has 0 saturated carbocycles. The van der Waals surface area contributed by atoms with Crippen molar-refractivity contribution in [1.29, 1.82) is 0 Å². The number of hydrogen-bond acceptors (Lipinski definition) is 4. The average molecular weight is 248 g/mol. The minimum atomic E-state index is -2.82. The number of nitrogens with one attached hydrogen (secondary N) is 1. The van der Waals surface area contributed by atoms with E-state index in [2.05, 4.69) is 24.1 Å². The van der Waals surface area contributed by atoms with Crippen molar-refractivity contribution in [1.82, 2.24) is 10.2 Å². The maximum Gasteiger partial charge on any atom is 0.148 e. The summed E-state index contributed by atoms with van der Waals surface area (Å²) in [5.41, 5.74) is 0. The predicted molar refractivity (Wildman–Crippen MR) is 67.4 cm³/mol. The van der Waals surface area contributed by atoms with Gasteiger partial charge in [-0.15, -0.1) is 0 Å². The van der Waals surface area contributed by atoms with Gasteiger partial charge in [-0.3, -0.25) is 0 Å². The predicted octanol–water partition coefficient (Wildman–Crippen LogP) is 0.493. The molecule has 0 aromatic rings. The van der Waals surface area contributed by atoms with Gasteiger partial charge in [0.15, 0.2) is 0 Å². The van der Waals surface area contributed by atoms with Crippen LogP contribution in [0.3, 0.4) is 0 Å². The van der Waals surface area contributed by atoms with Crippen LogP contribution in [-0.4, -0.2) is 57.0 Å². The largest absolute Gasteiger partial charge is 0.313 e. The van der Waals surface area contributed by atoms with Gasteiger partial charge in [0.25, 0.3) is 0 Å². The second-order valence-electron chi connectivity index (χ2n) is 4.99. The van der Waals surface area contributed by atoms with Gasteiger partial charge in [0.05, 0.1) is 5.75 Å². The number of nitrogens with zero attached hydrogens (tertiary/aromatic N) is 1. The van der Waals surface area contributed by atoms with Crippen LogP contribution in [0.2, 0.25) is 0 Å². The Labute approximate surface area is 99.3 Å². The summed E-state index contributed by atoms with van der Waals surface area (Å²) in [6.45, 7) is 7.27. The number of likely N-dealkylation sites (tertiary alicyclic amines) is 1. The number of sulfone groups is 1. The Morgan fingerprint density at radius 1 is 1.31 bits per heavy atom. The van der Waals surface area contributed by atoms with Crippen LogP contribution in [0.1, 0.15) is 26.7 Å². The average Bonchev–Trinajstić information content (AvgIpc) is 2.16. The molecule has 1 fully saturated rings. The van der Waals surface area contributed by atoms with Crippen LogP contribution in [0, 0.1) is 0 Å². The van der Waals surface area contributed by atoms with E-state index < -0.39 is 9.84 Å².